The molecular weight excluding hydrogens is 188 g/mol. The van der Waals surface area contributed by atoms with Gasteiger partial charge in [-0.15, -0.1) is 0 Å². The molecule has 1 heterocycles. The summed E-state index contributed by atoms with van der Waals surface area (Å²) in [6, 6.07) is 0.762. The van der Waals surface area contributed by atoms with Gasteiger partial charge in [0, 0.05) is 12.6 Å². The van der Waals surface area contributed by atoms with E-state index in [1.54, 1.807) is 0 Å². The Hall–Kier alpha value is -0.120. The maximum atomic E-state index is 9.26. The minimum atomic E-state index is -0.000740. The van der Waals surface area contributed by atoms with Crippen molar-refractivity contribution in [2.45, 2.75) is 44.2 Å². The molecule has 0 aromatic rings. The second-order valence-corrected chi connectivity index (χ2v) is 5.27. The second-order valence-electron chi connectivity index (χ2n) is 5.27. The van der Waals surface area contributed by atoms with E-state index in [-0.39, 0.29) is 6.10 Å². The molecular formula is C12H24N2O. The van der Waals surface area contributed by atoms with E-state index in [0.717, 1.165) is 24.8 Å². The normalized spacial score (nSPS) is 37.4. The van der Waals surface area contributed by atoms with Crippen molar-refractivity contribution in [2.75, 3.05) is 26.7 Å². The molecule has 2 rings (SSSR count). The average molecular weight is 212 g/mol. The summed E-state index contributed by atoms with van der Waals surface area (Å²) in [7, 11) is 2.25. The van der Waals surface area contributed by atoms with Crippen LogP contribution in [0, 0.1) is 5.92 Å². The molecule has 3 heteroatoms. The molecule has 0 amide bonds. The van der Waals surface area contributed by atoms with Crippen LogP contribution < -0.4 is 5.32 Å². The molecule has 0 aromatic heterocycles. The third-order valence-electron chi connectivity index (χ3n) is 3.93. The quantitative estimate of drug-likeness (QED) is 0.727. The van der Waals surface area contributed by atoms with Crippen LogP contribution in [0.25, 0.3) is 0 Å². The highest BCUT2D eigenvalue weighted by Crippen LogP contribution is 2.28. The van der Waals surface area contributed by atoms with Crippen molar-refractivity contribution in [3.63, 3.8) is 0 Å². The summed E-state index contributed by atoms with van der Waals surface area (Å²) in [5.41, 5.74) is 0. The van der Waals surface area contributed by atoms with Gasteiger partial charge in [0.15, 0.2) is 0 Å². The Kier molecular flexibility index (Phi) is 4.00. The van der Waals surface area contributed by atoms with E-state index in [4.69, 9.17) is 0 Å². The lowest BCUT2D eigenvalue weighted by Crippen LogP contribution is -2.41. The highest BCUT2D eigenvalue weighted by atomic mass is 16.3. The number of aliphatic hydroxyl groups is 1. The van der Waals surface area contributed by atoms with E-state index in [9.17, 15) is 5.11 Å². The molecule has 3 nitrogen and oxygen atoms in total. The molecule has 1 unspecified atom stereocenters. The lowest BCUT2D eigenvalue weighted by Gasteiger charge is -2.37. The molecule has 1 saturated heterocycles. The van der Waals surface area contributed by atoms with Crippen molar-refractivity contribution in [2.24, 2.45) is 5.92 Å². The first-order valence-electron chi connectivity index (χ1n) is 6.34. The van der Waals surface area contributed by atoms with Crippen molar-refractivity contribution < 1.29 is 5.11 Å². The molecule has 0 radical (unpaired) electrons. The van der Waals surface area contributed by atoms with Crippen LogP contribution in [0.15, 0.2) is 0 Å². The Bertz CT molecular complexity index is 184. The van der Waals surface area contributed by atoms with E-state index < -0.39 is 0 Å². The largest absolute Gasteiger partial charge is 0.393 e. The molecule has 0 spiro atoms. The van der Waals surface area contributed by atoms with Crippen molar-refractivity contribution >= 4 is 0 Å². The number of nitrogens with one attached hydrogen (secondary N) is 1. The summed E-state index contributed by atoms with van der Waals surface area (Å²) in [5, 5.41) is 12.7. The Labute approximate surface area is 92.8 Å². The third kappa shape index (κ3) is 3.16. The van der Waals surface area contributed by atoms with Crippen molar-refractivity contribution in [1.82, 2.24) is 10.2 Å². The fourth-order valence-electron chi connectivity index (χ4n) is 2.85. The molecule has 88 valence electrons. The average Bonchev–Trinajstić information content (AvgIpc) is 2.43. The van der Waals surface area contributed by atoms with Gasteiger partial charge in [-0.05, 0) is 58.2 Å². The smallest absolute Gasteiger partial charge is 0.0546 e. The summed E-state index contributed by atoms with van der Waals surface area (Å²) < 4.78 is 0. The molecule has 2 fully saturated rings. The minimum absolute atomic E-state index is 0.000740. The van der Waals surface area contributed by atoms with Gasteiger partial charge in [-0.25, -0.2) is 0 Å². The van der Waals surface area contributed by atoms with Crippen LogP contribution >= 0.6 is 0 Å². The molecule has 2 N–H and O–H groups in total. The first-order chi connectivity index (χ1) is 7.25. The SMILES string of the molecule is CN(CC1CC(O)C1)C1CCCNCC1. The zero-order valence-corrected chi connectivity index (χ0v) is 9.78. The molecule has 1 aliphatic carbocycles. The number of nitrogens with zero attached hydrogens (tertiary/aromatic N) is 1. The summed E-state index contributed by atoms with van der Waals surface area (Å²) in [4.78, 5) is 2.52. The maximum absolute atomic E-state index is 9.26. The molecule has 2 aliphatic rings. The van der Waals surface area contributed by atoms with Crippen LogP contribution in [0.5, 0.6) is 0 Å². The summed E-state index contributed by atoms with van der Waals surface area (Å²) >= 11 is 0. The second kappa shape index (κ2) is 5.28. The van der Waals surface area contributed by atoms with Gasteiger partial charge in [0.25, 0.3) is 0 Å². The summed E-state index contributed by atoms with van der Waals surface area (Å²) in [6.45, 7) is 3.54. The highest BCUT2D eigenvalue weighted by molar-refractivity contribution is 4.83. The van der Waals surface area contributed by atoms with Crippen LogP contribution in [-0.4, -0.2) is 48.8 Å². The standard InChI is InChI=1S/C12H24N2O/c1-14(9-10-7-12(15)8-10)11-3-2-5-13-6-4-11/h10-13,15H,2-9H2,1H3. The van der Waals surface area contributed by atoms with E-state index in [1.165, 1.54) is 38.9 Å². The van der Waals surface area contributed by atoms with Crippen molar-refractivity contribution in [1.29, 1.82) is 0 Å². The van der Waals surface area contributed by atoms with Crippen molar-refractivity contribution in [3.8, 4) is 0 Å². The van der Waals surface area contributed by atoms with Crippen LogP contribution in [-0.2, 0) is 0 Å². The van der Waals surface area contributed by atoms with Crippen LogP contribution in [0.2, 0.25) is 0 Å². The summed E-state index contributed by atoms with van der Waals surface area (Å²) in [6.07, 6.45) is 5.97. The topological polar surface area (TPSA) is 35.5 Å². The van der Waals surface area contributed by atoms with E-state index in [2.05, 4.69) is 17.3 Å². The Balaban J connectivity index is 1.71. The Morgan fingerprint density at radius 2 is 2.07 bits per heavy atom. The van der Waals surface area contributed by atoms with E-state index in [0.29, 0.717) is 0 Å². The third-order valence-corrected chi connectivity index (χ3v) is 3.93. The first-order valence-corrected chi connectivity index (χ1v) is 6.34. The molecule has 15 heavy (non-hydrogen) atoms. The van der Waals surface area contributed by atoms with Gasteiger partial charge in [0.1, 0.15) is 0 Å². The zero-order chi connectivity index (χ0) is 10.7. The lowest BCUT2D eigenvalue weighted by atomic mass is 9.82. The summed E-state index contributed by atoms with van der Waals surface area (Å²) in [5.74, 6) is 0.751. The van der Waals surface area contributed by atoms with E-state index in [1.807, 2.05) is 0 Å². The zero-order valence-electron chi connectivity index (χ0n) is 9.78. The van der Waals surface area contributed by atoms with Gasteiger partial charge in [-0.3, -0.25) is 0 Å². The Morgan fingerprint density at radius 1 is 1.27 bits per heavy atom. The van der Waals surface area contributed by atoms with Crippen LogP contribution in [0.3, 0.4) is 0 Å². The van der Waals surface area contributed by atoms with Gasteiger partial charge >= 0.3 is 0 Å². The number of rotatable bonds is 3. The number of hydrogen-bond acceptors (Lipinski definition) is 3. The number of aliphatic hydroxyl groups excluding tert-OH is 1. The fraction of sp³-hybridized carbons (Fsp3) is 1.00. The molecule has 0 bridgehead atoms. The van der Waals surface area contributed by atoms with Crippen molar-refractivity contribution in [3.05, 3.63) is 0 Å². The van der Waals surface area contributed by atoms with Gasteiger partial charge in [0.2, 0.25) is 0 Å². The fourth-order valence-corrected chi connectivity index (χ4v) is 2.85. The molecule has 0 aromatic carbocycles. The minimum Gasteiger partial charge on any atom is -0.393 e. The monoisotopic (exact) mass is 212 g/mol. The highest BCUT2D eigenvalue weighted by Gasteiger charge is 2.29. The maximum Gasteiger partial charge on any atom is 0.0546 e. The molecule has 1 saturated carbocycles. The van der Waals surface area contributed by atoms with Gasteiger partial charge in [-0.1, -0.05) is 0 Å². The number of hydrogen-bond donors (Lipinski definition) is 2. The lowest BCUT2D eigenvalue weighted by molar-refractivity contribution is 0.0211. The van der Waals surface area contributed by atoms with Crippen LogP contribution in [0.1, 0.15) is 32.1 Å². The molecule has 1 aliphatic heterocycles. The van der Waals surface area contributed by atoms with Gasteiger partial charge in [0.05, 0.1) is 6.10 Å². The Morgan fingerprint density at radius 3 is 2.80 bits per heavy atom. The predicted octanol–water partition coefficient (Wildman–Crippen LogP) is 0.831. The van der Waals surface area contributed by atoms with Gasteiger partial charge in [-0.2, -0.15) is 0 Å². The van der Waals surface area contributed by atoms with Crippen LogP contribution in [0.4, 0.5) is 0 Å². The van der Waals surface area contributed by atoms with E-state index >= 15 is 0 Å². The van der Waals surface area contributed by atoms with Gasteiger partial charge < -0.3 is 15.3 Å². The first kappa shape index (κ1) is 11.4. The molecule has 1 atom stereocenters. The predicted molar refractivity (Wildman–Crippen MR) is 61.9 cm³/mol.